The van der Waals surface area contributed by atoms with E-state index < -0.39 is 0 Å². The first kappa shape index (κ1) is 11.0. The van der Waals surface area contributed by atoms with Crippen LogP contribution in [0.2, 0.25) is 0 Å². The van der Waals surface area contributed by atoms with Crippen molar-refractivity contribution in [1.29, 1.82) is 0 Å². The van der Waals surface area contributed by atoms with Crippen LogP contribution < -0.4 is 0 Å². The molecule has 1 aromatic carbocycles. The zero-order valence-corrected chi connectivity index (χ0v) is 10.9. The molecule has 5 heteroatoms. The van der Waals surface area contributed by atoms with Gasteiger partial charge in [0, 0.05) is 17.4 Å². The lowest BCUT2D eigenvalue weighted by molar-refractivity contribution is 0.557. The molecule has 0 amide bonds. The number of benzene rings is 1. The molecule has 1 N–H and O–H groups in total. The van der Waals surface area contributed by atoms with E-state index in [2.05, 4.69) is 26.9 Å². The van der Waals surface area contributed by atoms with E-state index in [1.165, 1.54) is 12.2 Å². The average Bonchev–Trinajstić information content (AvgIpc) is 2.99. The summed E-state index contributed by atoms with van der Waals surface area (Å²) in [7, 11) is 0. The van der Waals surface area contributed by atoms with E-state index in [1.807, 2.05) is 30.0 Å². The Kier molecular flexibility index (Phi) is 3.03. The Morgan fingerprint density at radius 1 is 1.35 bits per heavy atom. The first-order valence-corrected chi connectivity index (χ1v) is 7.22. The molecular formula is C12H13N3S2. The molecule has 0 radical (unpaired) electrons. The predicted octanol–water partition coefficient (Wildman–Crippen LogP) is 3.29. The van der Waals surface area contributed by atoms with E-state index in [0.717, 1.165) is 21.9 Å². The topological polar surface area (TPSA) is 33.6 Å². The zero-order valence-electron chi connectivity index (χ0n) is 9.30. The molecule has 0 spiro atoms. The number of nitrogens with one attached hydrogen (secondary N) is 1. The molecule has 1 fully saturated rings. The van der Waals surface area contributed by atoms with Gasteiger partial charge < -0.3 is 0 Å². The minimum Gasteiger partial charge on any atom is -0.296 e. The van der Waals surface area contributed by atoms with Gasteiger partial charge in [-0.25, -0.2) is 0 Å². The number of thioether (sulfide) groups is 1. The van der Waals surface area contributed by atoms with Crippen LogP contribution in [0.4, 0.5) is 0 Å². The van der Waals surface area contributed by atoms with E-state index >= 15 is 0 Å². The van der Waals surface area contributed by atoms with Crippen molar-refractivity contribution in [2.75, 3.05) is 11.5 Å². The minimum atomic E-state index is 0.487. The van der Waals surface area contributed by atoms with Crippen molar-refractivity contribution in [1.82, 2.24) is 14.8 Å². The molecule has 0 bridgehead atoms. The maximum absolute atomic E-state index is 5.35. The normalized spacial score (nSPS) is 19.6. The van der Waals surface area contributed by atoms with Crippen molar-refractivity contribution in [2.24, 2.45) is 0 Å². The van der Waals surface area contributed by atoms with Gasteiger partial charge in [0.05, 0.1) is 0 Å². The Bertz CT molecular complexity index is 553. The van der Waals surface area contributed by atoms with Crippen LogP contribution in [0.1, 0.15) is 12.5 Å². The van der Waals surface area contributed by atoms with Gasteiger partial charge in [0.15, 0.2) is 10.6 Å². The molecule has 1 aliphatic rings. The lowest BCUT2D eigenvalue weighted by Gasteiger charge is -2.13. The van der Waals surface area contributed by atoms with E-state index in [0.29, 0.717) is 6.04 Å². The molecule has 0 saturated carbocycles. The van der Waals surface area contributed by atoms with Gasteiger partial charge in [-0.15, -0.1) is 0 Å². The number of rotatable bonds is 2. The molecule has 1 aromatic heterocycles. The Morgan fingerprint density at radius 3 is 2.88 bits per heavy atom. The lowest BCUT2D eigenvalue weighted by Crippen LogP contribution is -2.09. The number of hydrogen-bond donors (Lipinski definition) is 1. The van der Waals surface area contributed by atoms with Crippen molar-refractivity contribution in [3.63, 3.8) is 0 Å². The van der Waals surface area contributed by atoms with Gasteiger partial charge in [0.25, 0.3) is 0 Å². The maximum atomic E-state index is 5.35. The SMILES string of the molecule is S=c1[nH]nc(-c2ccccc2)n1C1CCSC1. The Balaban J connectivity index is 2.09. The minimum absolute atomic E-state index is 0.487. The molecule has 17 heavy (non-hydrogen) atoms. The highest BCUT2D eigenvalue weighted by Crippen LogP contribution is 2.31. The highest BCUT2D eigenvalue weighted by Gasteiger charge is 2.21. The predicted molar refractivity (Wildman–Crippen MR) is 73.8 cm³/mol. The fourth-order valence-corrected chi connectivity index (χ4v) is 3.63. The monoisotopic (exact) mass is 263 g/mol. The third kappa shape index (κ3) is 2.05. The van der Waals surface area contributed by atoms with Crippen molar-refractivity contribution < 1.29 is 0 Å². The molecule has 3 rings (SSSR count). The molecule has 1 atom stereocenters. The summed E-state index contributed by atoms with van der Waals surface area (Å²) in [6, 6.07) is 10.7. The number of aromatic nitrogens is 3. The first-order chi connectivity index (χ1) is 8.36. The molecule has 1 saturated heterocycles. The lowest BCUT2D eigenvalue weighted by atomic mass is 10.2. The van der Waals surface area contributed by atoms with Gasteiger partial charge in [-0.05, 0) is 24.4 Å². The molecule has 0 aliphatic carbocycles. The fraction of sp³-hybridized carbons (Fsp3) is 0.333. The van der Waals surface area contributed by atoms with Crippen LogP contribution in [0.3, 0.4) is 0 Å². The van der Waals surface area contributed by atoms with E-state index in [-0.39, 0.29) is 0 Å². The highest BCUT2D eigenvalue weighted by atomic mass is 32.2. The van der Waals surface area contributed by atoms with Crippen molar-refractivity contribution in [3.05, 3.63) is 35.1 Å². The summed E-state index contributed by atoms with van der Waals surface area (Å²) >= 11 is 7.33. The van der Waals surface area contributed by atoms with Crippen LogP contribution in [-0.2, 0) is 0 Å². The third-order valence-corrected chi connectivity index (χ3v) is 4.44. The number of aromatic amines is 1. The van der Waals surface area contributed by atoms with Crippen molar-refractivity contribution in [2.45, 2.75) is 12.5 Å². The van der Waals surface area contributed by atoms with Crippen LogP contribution in [0, 0.1) is 4.77 Å². The zero-order chi connectivity index (χ0) is 11.7. The second-order valence-corrected chi connectivity index (χ2v) is 5.64. The summed E-state index contributed by atoms with van der Waals surface area (Å²) in [5.74, 6) is 3.31. The standard InChI is InChI=1S/C12H13N3S2/c16-12-14-13-11(9-4-2-1-3-5-9)15(12)10-6-7-17-8-10/h1-5,10H,6-8H2,(H,14,16). The summed E-state index contributed by atoms with van der Waals surface area (Å²) in [5, 5.41) is 7.29. The summed E-state index contributed by atoms with van der Waals surface area (Å²) in [5.41, 5.74) is 1.12. The van der Waals surface area contributed by atoms with Crippen LogP contribution in [0.5, 0.6) is 0 Å². The third-order valence-electron chi connectivity index (χ3n) is 3.01. The number of H-pyrrole nitrogens is 1. The second kappa shape index (κ2) is 4.66. The fourth-order valence-electron chi connectivity index (χ4n) is 2.16. The molecule has 2 aromatic rings. The number of hydrogen-bond acceptors (Lipinski definition) is 3. The molecular weight excluding hydrogens is 250 g/mol. The summed E-state index contributed by atoms with van der Waals surface area (Å²) < 4.78 is 2.90. The Hall–Kier alpha value is -1.07. The second-order valence-electron chi connectivity index (χ2n) is 4.11. The largest absolute Gasteiger partial charge is 0.296 e. The first-order valence-electron chi connectivity index (χ1n) is 5.66. The molecule has 1 unspecified atom stereocenters. The van der Waals surface area contributed by atoms with E-state index in [9.17, 15) is 0 Å². The van der Waals surface area contributed by atoms with Crippen molar-refractivity contribution in [3.8, 4) is 11.4 Å². The van der Waals surface area contributed by atoms with Crippen molar-refractivity contribution >= 4 is 24.0 Å². The van der Waals surface area contributed by atoms with Gasteiger partial charge >= 0.3 is 0 Å². The molecule has 3 nitrogen and oxygen atoms in total. The Labute approximate surface area is 109 Å². The average molecular weight is 263 g/mol. The quantitative estimate of drug-likeness (QED) is 0.844. The van der Waals surface area contributed by atoms with Gasteiger partial charge in [-0.3, -0.25) is 9.67 Å². The van der Waals surface area contributed by atoms with Crippen LogP contribution in [0.25, 0.3) is 11.4 Å². The van der Waals surface area contributed by atoms with E-state index in [4.69, 9.17) is 12.2 Å². The summed E-state index contributed by atoms with van der Waals surface area (Å²) in [6.07, 6.45) is 1.18. The summed E-state index contributed by atoms with van der Waals surface area (Å²) in [4.78, 5) is 0. The Morgan fingerprint density at radius 2 is 2.18 bits per heavy atom. The van der Waals surface area contributed by atoms with Gasteiger partial charge in [-0.1, -0.05) is 30.3 Å². The number of nitrogens with zero attached hydrogens (tertiary/aromatic N) is 2. The van der Waals surface area contributed by atoms with Crippen LogP contribution in [-0.4, -0.2) is 26.3 Å². The smallest absolute Gasteiger partial charge is 0.195 e. The maximum Gasteiger partial charge on any atom is 0.195 e. The van der Waals surface area contributed by atoms with Crippen LogP contribution >= 0.6 is 24.0 Å². The van der Waals surface area contributed by atoms with Gasteiger partial charge in [0.2, 0.25) is 0 Å². The molecule has 2 heterocycles. The highest BCUT2D eigenvalue weighted by molar-refractivity contribution is 7.99. The molecule has 1 aliphatic heterocycles. The van der Waals surface area contributed by atoms with Crippen LogP contribution in [0.15, 0.2) is 30.3 Å². The summed E-state index contributed by atoms with van der Waals surface area (Å²) in [6.45, 7) is 0. The van der Waals surface area contributed by atoms with Gasteiger partial charge in [0.1, 0.15) is 0 Å². The van der Waals surface area contributed by atoms with Gasteiger partial charge in [-0.2, -0.15) is 16.9 Å². The van der Waals surface area contributed by atoms with E-state index in [1.54, 1.807) is 0 Å². The molecule has 88 valence electrons.